The van der Waals surface area contributed by atoms with Crippen LogP contribution in [0.15, 0.2) is 53.0 Å². The Morgan fingerprint density at radius 2 is 1.83 bits per heavy atom. The summed E-state index contributed by atoms with van der Waals surface area (Å²) in [7, 11) is 1.58. The van der Waals surface area contributed by atoms with Gasteiger partial charge >= 0.3 is 0 Å². The average molecular weight is 374 g/mol. The molecule has 0 aliphatic heterocycles. The van der Waals surface area contributed by atoms with Gasteiger partial charge in [0.15, 0.2) is 5.78 Å². The number of carbonyl (C=O) groups excluding carboxylic acids is 2. The molecule has 5 heteroatoms. The number of allylic oxidation sites excluding steroid dienone is 1. The SMILES string of the molecule is COc1ccc(C(=O)/C=C/c2ccc(NC(C)=O)cc2)cc1Br. The van der Waals surface area contributed by atoms with Crippen LogP contribution in [0.5, 0.6) is 5.75 Å². The van der Waals surface area contributed by atoms with Gasteiger partial charge in [-0.1, -0.05) is 18.2 Å². The highest BCUT2D eigenvalue weighted by Crippen LogP contribution is 2.25. The molecule has 4 nitrogen and oxygen atoms in total. The fraction of sp³-hybridized carbons (Fsp3) is 0.111. The molecule has 2 aromatic rings. The second-order valence-corrected chi connectivity index (χ2v) is 5.70. The molecule has 2 aromatic carbocycles. The van der Waals surface area contributed by atoms with Crippen molar-refractivity contribution < 1.29 is 14.3 Å². The van der Waals surface area contributed by atoms with Gasteiger partial charge in [0.25, 0.3) is 0 Å². The second-order valence-electron chi connectivity index (χ2n) is 4.85. The number of methoxy groups -OCH3 is 1. The second kappa shape index (κ2) is 7.74. The summed E-state index contributed by atoms with van der Waals surface area (Å²) in [5.74, 6) is 0.465. The third-order valence-corrected chi connectivity index (χ3v) is 3.71. The molecule has 0 saturated carbocycles. The van der Waals surface area contributed by atoms with Crippen molar-refractivity contribution in [2.75, 3.05) is 12.4 Å². The van der Waals surface area contributed by atoms with Crippen molar-refractivity contribution in [3.8, 4) is 5.75 Å². The lowest BCUT2D eigenvalue weighted by Crippen LogP contribution is -2.05. The number of ketones is 1. The van der Waals surface area contributed by atoms with Gasteiger partial charge < -0.3 is 10.1 Å². The van der Waals surface area contributed by atoms with Crippen LogP contribution in [-0.2, 0) is 4.79 Å². The largest absolute Gasteiger partial charge is 0.496 e. The number of nitrogens with one attached hydrogen (secondary N) is 1. The lowest BCUT2D eigenvalue weighted by atomic mass is 10.1. The maximum atomic E-state index is 12.2. The third kappa shape index (κ3) is 4.79. The first-order valence-electron chi connectivity index (χ1n) is 6.93. The van der Waals surface area contributed by atoms with Crippen LogP contribution in [0.2, 0.25) is 0 Å². The fourth-order valence-corrected chi connectivity index (χ4v) is 2.51. The molecule has 0 radical (unpaired) electrons. The smallest absolute Gasteiger partial charge is 0.221 e. The van der Waals surface area contributed by atoms with Crippen LogP contribution in [0.3, 0.4) is 0 Å². The lowest BCUT2D eigenvalue weighted by Gasteiger charge is -2.04. The Hall–Kier alpha value is -2.40. The predicted octanol–water partition coefficient (Wildman–Crippen LogP) is 4.31. The summed E-state index contributed by atoms with van der Waals surface area (Å²) in [6.45, 7) is 1.46. The predicted molar refractivity (Wildman–Crippen MR) is 94.8 cm³/mol. The standard InChI is InChI=1S/C18H16BrNO3/c1-12(21)20-15-7-3-13(4-8-15)5-9-17(22)14-6-10-18(23-2)16(19)11-14/h3-11H,1-2H3,(H,20,21)/b9-5+. The molecule has 0 unspecified atom stereocenters. The Balaban J connectivity index is 2.08. The van der Waals surface area contributed by atoms with Gasteiger partial charge in [-0.05, 0) is 57.9 Å². The minimum absolute atomic E-state index is 0.0979. The molecule has 1 amide bonds. The first-order chi connectivity index (χ1) is 11.0. The molecule has 118 valence electrons. The minimum Gasteiger partial charge on any atom is -0.496 e. The fourth-order valence-electron chi connectivity index (χ4n) is 1.97. The van der Waals surface area contributed by atoms with Gasteiger partial charge in [0.2, 0.25) is 5.91 Å². The molecule has 0 aromatic heterocycles. The first kappa shape index (κ1) is 17.0. The van der Waals surface area contributed by atoms with E-state index in [-0.39, 0.29) is 11.7 Å². The summed E-state index contributed by atoms with van der Waals surface area (Å²) >= 11 is 3.36. The molecule has 0 fully saturated rings. The van der Waals surface area contributed by atoms with E-state index in [1.54, 1.807) is 43.5 Å². The number of benzene rings is 2. The van der Waals surface area contributed by atoms with Gasteiger partial charge in [0.1, 0.15) is 5.75 Å². The monoisotopic (exact) mass is 373 g/mol. The van der Waals surface area contributed by atoms with E-state index in [0.29, 0.717) is 11.3 Å². The maximum Gasteiger partial charge on any atom is 0.221 e. The van der Waals surface area contributed by atoms with E-state index in [9.17, 15) is 9.59 Å². The highest BCUT2D eigenvalue weighted by Gasteiger charge is 2.06. The Morgan fingerprint density at radius 3 is 2.39 bits per heavy atom. The summed E-state index contributed by atoms with van der Waals surface area (Å²) in [5.41, 5.74) is 2.17. The van der Waals surface area contributed by atoms with Gasteiger partial charge in [-0.2, -0.15) is 0 Å². The first-order valence-corrected chi connectivity index (χ1v) is 7.72. The van der Waals surface area contributed by atoms with Crippen molar-refractivity contribution in [3.63, 3.8) is 0 Å². The number of hydrogen-bond acceptors (Lipinski definition) is 3. The molecular weight excluding hydrogens is 358 g/mol. The Morgan fingerprint density at radius 1 is 1.13 bits per heavy atom. The molecule has 2 rings (SSSR count). The molecule has 0 aliphatic rings. The number of ether oxygens (including phenoxy) is 1. The van der Waals surface area contributed by atoms with Crippen molar-refractivity contribution in [1.29, 1.82) is 0 Å². The molecule has 0 atom stereocenters. The molecule has 0 bridgehead atoms. The minimum atomic E-state index is -0.117. The number of carbonyl (C=O) groups is 2. The zero-order chi connectivity index (χ0) is 16.8. The summed E-state index contributed by atoms with van der Waals surface area (Å²) in [4.78, 5) is 23.1. The van der Waals surface area contributed by atoms with Crippen LogP contribution in [0.4, 0.5) is 5.69 Å². The van der Waals surface area contributed by atoms with Gasteiger partial charge in [-0.15, -0.1) is 0 Å². The number of hydrogen-bond donors (Lipinski definition) is 1. The van der Waals surface area contributed by atoms with Crippen LogP contribution < -0.4 is 10.1 Å². The maximum absolute atomic E-state index is 12.2. The quantitative estimate of drug-likeness (QED) is 0.627. The van der Waals surface area contributed by atoms with E-state index in [0.717, 1.165) is 15.7 Å². The van der Waals surface area contributed by atoms with Crippen molar-refractivity contribution in [2.45, 2.75) is 6.92 Å². The number of anilines is 1. The highest BCUT2D eigenvalue weighted by atomic mass is 79.9. The van der Waals surface area contributed by atoms with Gasteiger partial charge in [-0.3, -0.25) is 9.59 Å². The Labute approximate surface area is 143 Å². The Kier molecular flexibility index (Phi) is 5.71. The van der Waals surface area contributed by atoms with Gasteiger partial charge in [-0.25, -0.2) is 0 Å². The van der Waals surface area contributed by atoms with Crippen molar-refractivity contribution in [2.24, 2.45) is 0 Å². The molecule has 1 N–H and O–H groups in total. The molecule has 0 spiro atoms. The molecule has 0 saturated heterocycles. The normalized spacial score (nSPS) is 10.6. The highest BCUT2D eigenvalue weighted by molar-refractivity contribution is 9.10. The van der Waals surface area contributed by atoms with E-state index >= 15 is 0 Å². The summed E-state index contributed by atoms with van der Waals surface area (Å²) in [6.07, 6.45) is 3.25. The number of amides is 1. The van der Waals surface area contributed by atoms with E-state index in [1.807, 2.05) is 12.1 Å². The zero-order valence-electron chi connectivity index (χ0n) is 12.8. The van der Waals surface area contributed by atoms with E-state index in [2.05, 4.69) is 21.2 Å². The third-order valence-electron chi connectivity index (χ3n) is 3.09. The number of rotatable bonds is 5. The summed E-state index contributed by atoms with van der Waals surface area (Å²) in [6, 6.07) is 12.4. The van der Waals surface area contributed by atoms with Crippen molar-refractivity contribution in [3.05, 3.63) is 64.1 Å². The molecule has 0 heterocycles. The van der Waals surface area contributed by atoms with Crippen LogP contribution in [-0.4, -0.2) is 18.8 Å². The Bertz CT molecular complexity index is 751. The van der Waals surface area contributed by atoms with Crippen molar-refractivity contribution >= 4 is 39.4 Å². The summed E-state index contributed by atoms with van der Waals surface area (Å²) < 4.78 is 5.88. The van der Waals surface area contributed by atoms with Gasteiger partial charge in [0.05, 0.1) is 11.6 Å². The van der Waals surface area contributed by atoms with Gasteiger partial charge in [0, 0.05) is 18.2 Å². The lowest BCUT2D eigenvalue weighted by molar-refractivity contribution is -0.114. The number of halogens is 1. The van der Waals surface area contributed by atoms with Crippen LogP contribution in [0, 0.1) is 0 Å². The molecule has 0 aliphatic carbocycles. The molecular formula is C18H16BrNO3. The van der Waals surface area contributed by atoms with E-state index < -0.39 is 0 Å². The molecule has 23 heavy (non-hydrogen) atoms. The van der Waals surface area contributed by atoms with Crippen LogP contribution in [0.1, 0.15) is 22.8 Å². The van der Waals surface area contributed by atoms with Crippen LogP contribution >= 0.6 is 15.9 Å². The summed E-state index contributed by atoms with van der Waals surface area (Å²) in [5, 5.41) is 2.69. The topological polar surface area (TPSA) is 55.4 Å². The zero-order valence-corrected chi connectivity index (χ0v) is 14.4. The van der Waals surface area contributed by atoms with E-state index in [1.165, 1.54) is 13.0 Å². The average Bonchev–Trinajstić information content (AvgIpc) is 2.53. The van der Waals surface area contributed by atoms with Crippen molar-refractivity contribution in [1.82, 2.24) is 0 Å². The van der Waals surface area contributed by atoms with E-state index in [4.69, 9.17) is 4.74 Å². The van der Waals surface area contributed by atoms with Crippen LogP contribution in [0.25, 0.3) is 6.08 Å².